The summed E-state index contributed by atoms with van der Waals surface area (Å²) in [5.41, 5.74) is -1.38. The van der Waals surface area contributed by atoms with Gasteiger partial charge in [0, 0.05) is 15.7 Å². The average Bonchev–Trinajstić information content (AvgIpc) is 2.07. The molecule has 2 N–H and O–H groups in total. The Morgan fingerprint density at radius 3 is 2.44 bits per heavy atom. The third-order valence-electron chi connectivity index (χ3n) is 1.50. The van der Waals surface area contributed by atoms with Gasteiger partial charge in [-0.1, -0.05) is 11.6 Å². The quantitative estimate of drug-likeness (QED) is 0.834. The molecule has 0 aliphatic carbocycles. The normalized spacial score (nSPS) is 11.2. The minimum Gasteiger partial charge on any atom is -0.478 e. The smallest absolute Gasteiger partial charge is 0.338 e. The van der Waals surface area contributed by atoms with E-state index in [1.165, 1.54) is 0 Å². The molecule has 0 amide bonds. The van der Waals surface area contributed by atoms with Gasteiger partial charge < -0.3 is 5.11 Å². The summed E-state index contributed by atoms with van der Waals surface area (Å²) in [6.45, 7) is 0. The molecule has 0 unspecified atom stereocenters. The number of hydrogen-bond acceptors (Lipinski definition) is 3. The lowest BCUT2D eigenvalue weighted by atomic mass is 10.2. The Balaban J connectivity index is 3.35. The number of aromatic carboxylic acids is 1. The van der Waals surface area contributed by atoms with Crippen molar-refractivity contribution in [2.75, 3.05) is 4.72 Å². The molecule has 0 bridgehead atoms. The molecule has 0 fully saturated rings. The van der Waals surface area contributed by atoms with Gasteiger partial charge in [0.1, 0.15) is 0 Å². The minimum atomic E-state index is -4.23. The molecule has 16 heavy (non-hydrogen) atoms. The van der Waals surface area contributed by atoms with Crippen molar-refractivity contribution in [1.82, 2.24) is 0 Å². The van der Waals surface area contributed by atoms with E-state index in [0.717, 1.165) is 12.1 Å². The molecular formula is C7H4Cl2FNO4S. The Morgan fingerprint density at radius 1 is 1.44 bits per heavy atom. The van der Waals surface area contributed by atoms with E-state index in [1.54, 1.807) is 4.72 Å². The van der Waals surface area contributed by atoms with Crippen LogP contribution in [-0.2, 0) is 9.24 Å². The number of nitrogens with one attached hydrogen (secondary N) is 1. The van der Waals surface area contributed by atoms with Crippen LogP contribution in [0.25, 0.3) is 0 Å². The Hall–Kier alpha value is -1.05. The average molecular weight is 288 g/mol. The third-order valence-corrected chi connectivity index (χ3v) is 2.41. The minimum absolute atomic E-state index is 0.137. The molecule has 0 aliphatic rings. The van der Waals surface area contributed by atoms with Crippen LogP contribution >= 0.6 is 22.3 Å². The van der Waals surface area contributed by atoms with E-state index >= 15 is 0 Å². The zero-order valence-corrected chi connectivity index (χ0v) is 9.70. The molecule has 0 aliphatic heterocycles. The molecule has 1 rings (SSSR count). The summed E-state index contributed by atoms with van der Waals surface area (Å²) < 4.78 is 36.3. The van der Waals surface area contributed by atoms with Crippen LogP contribution in [-0.4, -0.2) is 19.5 Å². The first-order valence-electron chi connectivity index (χ1n) is 3.65. The van der Waals surface area contributed by atoms with Gasteiger partial charge in [-0.05, 0) is 12.1 Å². The second-order valence-electron chi connectivity index (χ2n) is 2.66. The Morgan fingerprint density at radius 2 is 2.00 bits per heavy atom. The number of rotatable bonds is 3. The fourth-order valence-electron chi connectivity index (χ4n) is 0.950. The van der Waals surface area contributed by atoms with Crippen LogP contribution in [0.2, 0.25) is 5.02 Å². The van der Waals surface area contributed by atoms with Crippen LogP contribution in [0, 0.1) is 5.82 Å². The lowest BCUT2D eigenvalue weighted by Crippen LogP contribution is -2.09. The van der Waals surface area contributed by atoms with E-state index in [4.69, 9.17) is 27.4 Å². The molecular weight excluding hydrogens is 284 g/mol. The Labute approximate surface area is 99.3 Å². The van der Waals surface area contributed by atoms with Gasteiger partial charge in [0.15, 0.2) is 5.82 Å². The molecule has 1 aromatic rings. The van der Waals surface area contributed by atoms with Gasteiger partial charge in [0.2, 0.25) is 0 Å². The zero-order chi connectivity index (χ0) is 12.5. The maximum atomic E-state index is 13.4. The van der Waals surface area contributed by atoms with E-state index in [1.807, 2.05) is 0 Å². The van der Waals surface area contributed by atoms with Gasteiger partial charge in [0.05, 0.1) is 11.3 Å². The second-order valence-corrected chi connectivity index (χ2v) is 5.40. The molecule has 88 valence electrons. The van der Waals surface area contributed by atoms with Crippen molar-refractivity contribution >= 4 is 43.2 Å². The number of hydrogen-bond donors (Lipinski definition) is 2. The lowest BCUT2D eigenvalue weighted by Gasteiger charge is -2.06. The van der Waals surface area contributed by atoms with Gasteiger partial charge in [0.25, 0.3) is 0 Å². The first kappa shape index (κ1) is 13.0. The molecule has 0 aromatic heterocycles. The number of halogens is 3. The van der Waals surface area contributed by atoms with E-state index in [0.29, 0.717) is 0 Å². The van der Waals surface area contributed by atoms with Crippen molar-refractivity contribution in [3.8, 4) is 0 Å². The molecule has 1 aromatic carbocycles. The summed E-state index contributed by atoms with van der Waals surface area (Å²) >= 11 is 5.49. The highest BCUT2D eigenvalue weighted by atomic mass is 35.7. The SMILES string of the molecule is O=C(O)c1cc(Cl)cc(NS(=O)(=O)Cl)c1F. The largest absolute Gasteiger partial charge is 0.478 e. The van der Waals surface area contributed by atoms with Gasteiger partial charge in [-0.25, -0.2) is 9.18 Å². The summed E-state index contributed by atoms with van der Waals surface area (Å²) in [6.07, 6.45) is 0. The van der Waals surface area contributed by atoms with E-state index in [9.17, 15) is 17.6 Å². The maximum Gasteiger partial charge on any atom is 0.338 e. The van der Waals surface area contributed by atoms with Crippen LogP contribution in [0.1, 0.15) is 10.4 Å². The number of carboxylic acid groups (broad SMARTS) is 1. The first-order valence-corrected chi connectivity index (χ1v) is 6.34. The van der Waals surface area contributed by atoms with Crippen molar-refractivity contribution in [3.05, 3.63) is 28.5 Å². The number of anilines is 1. The van der Waals surface area contributed by atoms with Crippen molar-refractivity contribution in [3.63, 3.8) is 0 Å². The summed E-state index contributed by atoms with van der Waals surface area (Å²) in [6, 6.07) is 1.76. The van der Waals surface area contributed by atoms with Crippen LogP contribution in [0.5, 0.6) is 0 Å². The van der Waals surface area contributed by atoms with Crippen LogP contribution in [0.4, 0.5) is 10.1 Å². The zero-order valence-electron chi connectivity index (χ0n) is 7.37. The van der Waals surface area contributed by atoms with Crippen LogP contribution < -0.4 is 4.72 Å². The number of carboxylic acids is 1. The standard InChI is InChI=1S/C7H4Cl2FNO4S/c8-3-1-4(7(12)13)6(10)5(2-3)11-16(9,14)15/h1-2,11H,(H,12,13). The van der Waals surface area contributed by atoms with Crippen molar-refractivity contribution in [2.24, 2.45) is 0 Å². The highest BCUT2D eigenvalue weighted by molar-refractivity contribution is 8.14. The molecule has 9 heteroatoms. The topological polar surface area (TPSA) is 83.5 Å². The second kappa shape index (κ2) is 4.44. The molecule has 0 radical (unpaired) electrons. The summed E-state index contributed by atoms with van der Waals surface area (Å²) in [5, 5.41) is 8.47. The lowest BCUT2D eigenvalue weighted by molar-refractivity contribution is 0.0692. The molecule has 0 spiro atoms. The fraction of sp³-hybridized carbons (Fsp3) is 0. The van der Waals surface area contributed by atoms with Crippen molar-refractivity contribution < 1.29 is 22.7 Å². The molecule has 0 saturated heterocycles. The monoisotopic (exact) mass is 287 g/mol. The highest BCUT2D eigenvalue weighted by Crippen LogP contribution is 2.25. The summed E-state index contributed by atoms with van der Waals surface area (Å²) in [5.74, 6) is -2.84. The maximum absolute atomic E-state index is 13.4. The molecule has 0 saturated carbocycles. The molecule has 0 heterocycles. The summed E-state index contributed by atoms with van der Waals surface area (Å²) in [7, 11) is 0.600. The Kier molecular flexibility index (Phi) is 3.61. The van der Waals surface area contributed by atoms with E-state index in [-0.39, 0.29) is 5.02 Å². The van der Waals surface area contributed by atoms with Crippen molar-refractivity contribution in [2.45, 2.75) is 0 Å². The predicted molar refractivity (Wildman–Crippen MR) is 56.8 cm³/mol. The van der Waals surface area contributed by atoms with Crippen LogP contribution in [0.15, 0.2) is 12.1 Å². The highest BCUT2D eigenvalue weighted by Gasteiger charge is 2.18. The Bertz CT molecular complexity index is 546. The number of carbonyl (C=O) groups is 1. The molecule has 0 atom stereocenters. The predicted octanol–water partition coefficient (Wildman–Crippen LogP) is 2.07. The van der Waals surface area contributed by atoms with Crippen molar-refractivity contribution in [1.29, 1.82) is 0 Å². The van der Waals surface area contributed by atoms with E-state index < -0.39 is 32.3 Å². The van der Waals surface area contributed by atoms with Gasteiger partial charge in [-0.15, -0.1) is 0 Å². The molecule has 5 nitrogen and oxygen atoms in total. The number of benzene rings is 1. The summed E-state index contributed by atoms with van der Waals surface area (Å²) in [4.78, 5) is 10.6. The fourth-order valence-corrected chi connectivity index (χ4v) is 1.83. The van der Waals surface area contributed by atoms with Crippen LogP contribution in [0.3, 0.4) is 0 Å². The van der Waals surface area contributed by atoms with Gasteiger partial charge in [-0.2, -0.15) is 8.42 Å². The van der Waals surface area contributed by atoms with Gasteiger partial charge in [-0.3, -0.25) is 4.72 Å². The van der Waals surface area contributed by atoms with E-state index in [2.05, 4.69) is 0 Å². The van der Waals surface area contributed by atoms with Gasteiger partial charge >= 0.3 is 15.2 Å². The third kappa shape index (κ3) is 3.22. The first-order chi connectivity index (χ1) is 7.20.